The van der Waals surface area contributed by atoms with Gasteiger partial charge in [0.1, 0.15) is 23.4 Å². The molecule has 0 unspecified atom stereocenters. The number of benzene rings is 1. The molecule has 1 aromatic carbocycles. The number of ether oxygens (including phenoxy) is 2. The minimum Gasteiger partial charge on any atom is -0.490 e. The molecular weight excluding hydrogens is 539 g/mol. The molecule has 3 aromatic rings. The Labute approximate surface area is 234 Å². The van der Waals surface area contributed by atoms with Gasteiger partial charge in [-0.1, -0.05) is 5.10 Å². The van der Waals surface area contributed by atoms with Crippen LogP contribution in [0.2, 0.25) is 0 Å². The zero-order chi connectivity index (χ0) is 28.7. The average molecular weight is 570 g/mol. The summed E-state index contributed by atoms with van der Waals surface area (Å²) in [5.74, 6) is -0.0694. The van der Waals surface area contributed by atoms with Gasteiger partial charge in [0.25, 0.3) is 12.3 Å². The Morgan fingerprint density at radius 3 is 2.76 bits per heavy atom. The van der Waals surface area contributed by atoms with E-state index in [4.69, 9.17) is 9.47 Å². The molecule has 4 heterocycles. The Bertz CT molecular complexity index is 1440. The zero-order valence-electron chi connectivity index (χ0n) is 22.7. The predicted octanol–water partition coefficient (Wildman–Crippen LogP) is 3.96. The van der Waals surface area contributed by atoms with Gasteiger partial charge in [-0.25, -0.2) is 13.2 Å². The van der Waals surface area contributed by atoms with E-state index >= 15 is 0 Å². The minimum absolute atomic E-state index is 0.0490. The molecule has 1 spiro atoms. The van der Waals surface area contributed by atoms with Crippen molar-refractivity contribution in [2.24, 2.45) is 5.41 Å². The van der Waals surface area contributed by atoms with E-state index in [0.717, 1.165) is 73.1 Å². The van der Waals surface area contributed by atoms with Crippen molar-refractivity contribution in [3.8, 4) is 17.5 Å². The number of pyridine rings is 1. The molecule has 13 heteroatoms. The molecule has 1 saturated heterocycles. The molecule has 0 radical (unpaired) electrons. The summed E-state index contributed by atoms with van der Waals surface area (Å²) in [6, 6.07) is 4.58. The molecule has 2 aromatic heterocycles. The van der Waals surface area contributed by atoms with E-state index in [-0.39, 0.29) is 28.8 Å². The van der Waals surface area contributed by atoms with Crippen LogP contribution in [-0.2, 0) is 13.1 Å². The Morgan fingerprint density at radius 2 is 2.00 bits per heavy atom. The third-order valence-electron chi connectivity index (χ3n) is 7.81. The maximum Gasteiger partial charge on any atom is 0.343 e. The number of fused-ring (bicyclic) bond motifs is 1. The Morgan fingerprint density at radius 1 is 1.20 bits per heavy atom. The number of alkyl halides is 2. The standard InChI is InChI=1S/C28H30F3N7O3/c1-16(2)38(13-24(30)31)26(39)19-7-17(29)3-4-22(19)41-27-35-25(12-34-36-27)37-14-28(15-37)8-18(9-28)40-23-5-6-33-21-11-32-10-20(21)23/h3-7,12,16,18,24,32H,8-11,13-15H2,1-2H3. The van der Waals surface area contributed by atoms with Gasteiger partial charge in [0.2, 0.25) is 0 Å². The largest absolute Gasteiger partial charge is 0.490 e. The van der Waals surface area contributed by atoms with Crippen LogP contribution >= 0.6 is 0 Å². The normalized spacial score (nSPS) is 17.4. The van der Waals surface area contributed by atoms with Crippen LogP contribution in [0.1, 0.15) is 48.3 Å². The molecule has 216 valence electrons. The van der Waals surface area contributed by atoms with Gasteiger partial charge in [-0.05, 0) is 51.0 Å². The van der Waals surface area contributed by atoms with Crippen molar-refractivity contribution in [1.82, 2.24) is 30.4 Å². The van der Waals surface area contributed by atoms with E-state index in [2.05, 4.69) is 30.4 Å². The van der Waals surface area contributed by atoms with Crippen LogP contribution in [0.15, 0.2) is 36.7 Å². The van der Waals surface area contributed by atoms with Crippen LogP contribution in [-0.4, -0.2) is 69.2 Å². The molecule has 1 aliphatic carbocycles. The van der Waals surface area contributed by atoms with Crippen LogP contribution in [0.4, 0.5) is 19.0 Å². The van der Waals surface area contributed by atoms with E-state index in [9.17, 15) is 18.0 Å². The summed E-state index contributed by atoms with van der Waals surface area (Å²) in [7, 11) is 0. The van der Waals surface area contributed by atoms with Crippen molar-refractivity contribution < 1.29 is 27.4 Å². The third kappa shape index (κ3) is 5.50. The molecule has 10 nitrogen and oxygen atoms in total. The Hall–Kier alpha value is -4.00. The molecule has 3 aliphatic rings. The third-order valence-corrected chi connectivity index (χ3v) is 7.81. The number of aromatic nitrogens is 4. The monoisotopic (exact) mass is 569 g/mol. The lowest BCUT2D eigenvalue weighted by Crippen LogP contribution is -2.65. The van der Waals surface area contributed by atoms with Gasteiger partial charge in [0.15, 0.2) is 5.82 Å². The number of nitrogens with one attached hydrogen (secondary N) is 1. The highest BCUT2D eigenvalue weighted by atomic mass is 19.3. The molecule has 0 atom stereocenters. The van der Waals surface area contributed by atoms with Gasteiger partial charge in [-0.2, -0.15) is 10.1 Å². The van der Waals surface area contributed by atoms with Gasteiger partial charge in [0.05, 0.1) is 24.0 Å². The topological polar surface area (TPSA) is 106 Å². The van der Waals surface area contributed by atoms with Crippen LogP contribution in [0.3, 0.4) is 0 Å². The molecular formula is C28H30F3N7O3. The zero-order valence-corrected chi connectivity index (χ0v) is 22.7. The summed E-state index contributed by atoms with van der Waals surface area (Å²) in [6.07, 6.45) is 2.59. The molecule has 2 fully saturated rings. The molecule has 1 N–H and O–H groups in total. The summed E-state index contributed by atoms with van der Waals surface area (Å²) in [5.41, 5.74) is 2.13. The van der Waals surface area contributed by atoms with E-state index in [1.165, 1.54) is 12.3 Å². The second-order valence-electron chi connectivity index (χ2n) is 11.1. The summed E-state index contributed by atoms with van der Waals surface area (Å²) in [6.45, 7) is 5.52. The first kappa shape index (κ1) is 27.2. The highest BCUT2D eigenvalue weighted by Crippen LogP contribution is 2.51. The quantitative estimate of drug-likeness (QED) is 0.410. The van der Waals surface area contributed by atoms with Crippen molar-refractivity contribution in [2.45, 2.75) is 58.3 Å². The first-order valence-corrected chi connectivity index (χ1v) is 13.5. The van der Waals surface area contributed by atoms with Gasteiger partial charge in [0, 0.05) is 49.4 Å². The average Bonchev–Trinajstić information content (AvgIpc) is 3.38. The smallest absolute Gasteiger partial charge is 0.343 e. The van der Waals surface area contributed by atoms with Crippen molar-refractivity contribution in [2.75, 3.05) is 24.5 Å². The van der Waals surface area contributed by atoms with Crippen molar-refractivity contribution in [3.05, 3.63) is 59.3 Å². The number of hydrogen-bond acceptors (Lipinski definition) is 9. The highest BCUT2D eigenvalue weighted by Gasteiger charge is 2.54. The fraction of sp³-hybridized carbons (Fsp3) is 0.464. The molecule has 0 bridgehead atoms. The number of amides is 1. The molecule has 1 saturated carbocycles. The molecule has 6 rings (SSSR count). The molecule has 1 amide bonds. The van der Waals surface area contributed by atoms with Crippen molar-refractivity contribution in [3.63, 3.8) is 0 Å². The highest BCUT2D eigenvalue weighted by molar-refractivity contribution is 5.97. The van der Waals surface area contributed by atoms with Crippen LogP contribution in [0.5, 0.6) is 17.5 Å². The number of nitrogens with zero attached hydrogens (tertiary/aromatic N) is 6. The van der Waals surface area contributed by atoms with E-state index in [1.54, 1.807) is 20.0 Å². The number of halogens is 3. The number of rotatable bonds is 9. The second-order valence-corrected chi connectivity index (χ2v) is 11.1. The van der Waals surface area contributed by atoms with Crippen LogP contribution in [0, 0.1) is 11.2 Å². The summed E-state index contributed by atoms with van der Waals surface area (Å²) in [4.78, 5) is 25.0. The van der Waals surface area contributed by atoms with Crippen molar-refractivity contribution in [1.29, 1.82) is 0 Å². The molecule has 41 heavy (non-hydrogen) atoms. The number of carbonyl (C=O) groups excluding carboxylic acids is 1. The molecule has 2 aliphatic heterocycles. The Kier molecular flexibility index (Phi) is 7.14. The lowest BCUT2D eigenvalue weighted by molar-refractivity contribution is -0.0348. The fourth-order valence-electron chi connectivity index (χ4n) is 5.79. The van der Waals surface area contributed by atoms with Crippen molar-refractivity contribution >= 4 is 11.7 Å². The number of carbonyl (C=O) groups is 1. The fourth-order valence-corrected chi connectivity index (χ4v) is 5.79. The Balaban J connectivity index is 1.09. The summed E-state index contributed by atoms with van der Waals surface area (Å²) < 4.78 is 52.3. The summed E-state index contributed by atoms with van der Waals surface area (Å²) >= 11 is 0. The maximum atomic E-state index is 14.1. The van der Waals surface area contributed by atoms with Crippen LogP contribution < -0.4 is 19.7 Å². The van der Waals surface area contributed by atoms with Gasteiger partial charge in [-0.3, -0.25) is 9.78 Å². The number of hydrogen-bond donors (Lipinski definition) is 1. The van der Waals surface area contributed by atoms with Gasteiger partial charge in [-0.15, -0.1) is 0 Å². The maximum absolute atomic E-state index is 14.1. The van der Waals surface area contributed by atoms with Gasteiger partial charge < -0.3 is 24.6 Å². The minimum atomic E-state index is -2.74. The second kappa shape index (κ2) is 10.8. The first-order valence-electron chi connectivity index (χ1n) is 13.5. The SMILES string of the molecule is CC(C)N(CC(F)F)C(=O)c1cc(F)ccc1Oc1nncc(N2CC3(CC(Oc4ccnc5c4CNC5)C3)C2)n1. The summed E-state index contributed by atoms with van der Waals surface area (Å²) in [5, 5.41) is 11.2. The van der Waals surface area contributed by atoms with Gasteiger partial charge >= 0.3 is 6.01 Å². The lowest BCUT2D eigenvalue weighted by atomic mass is 9.62. The lowest BCUT2D eigenvalue weighted by Gasteiger charge is -2.58. The van der Waals surface area contributed by atoms with E-state index in [1.807, 2.05) is 6.07 Å². The van der Waals surface area contributed by atoms with Crippen LogP contribution in [0.25, 0.3) is 0 Å². The van der Waals surface area contributed by atoms with E-state index < -0.39 is 30.7 Å². The predicted molar refractivity (Wildman–Crippen MR) is 142 cm³/mol. The number of anilines is 1. The van der Waals surface area contributed by atoms with E-state index in [0.29, 0.717) is 5.82 Å². The first-order chi connectivity index (χ1) is 19.7.